The first-order valence-electron chi connectivity index (χ1n) is 10.6. The highest BCUT2D eigenvalue weighted by molar-refractivity contribution is 5.94. The number of methoxy groups -OCH3 is 1. The number of hydrogen-bond donors (Lipinski definition) is 1. The minimum absolute atomic E-state index is 0.00432. The molecule has 0 spiro atoms. The smallest absolute Gasteiger partial charge is 0.251 e. The predicted octanol–water partition coefficient (Wildman–Crippen LogP) is 4.13. The zero-order chi connectivity index (χ0) is 20.8. The van der Waals surface area contributed by atoms with Gasteiger partial charge in [-0.15, -0.1) is 0 Å². The van der Waals surface area contributed by atoms with Crippen LogP contribution in [0.2, 0.25) is 0 Å². The molecule has 4 rings (SSSR count). The summed E-state index contributed by atoms with van der Waals surface area (Å²) >= 11 is 0. The van der Waals surface area contributed by atoms with Gasteiger partial charge in [0.2, 0.25) is 0 Å². The van der Waals surface area contributed by atoms with Crippen molar-refractivity contribution in [3.8, 4) is 11.4 Å². The van der Waals surface area contributed by atoms with E-state index in [1.165, 1.54) is 5.56 Å². The lowest BCUT2D eigenvalue weighted by Gasteiger charge is -2.32. The fourth-order valence-corrected chi connectivity index (χ4v) is 3.99. The zero-order valence-corrected chi connectivity index (χ0v) is 17.5. The summed E-state index contributed by atoms with van der Waals surface area (Å²) in [5.74, 6) is 1.44. The third-order valence-electron chi connectivity index (χ3n) is 5.83. The Kier molecular flexibility index (Phi) is 6.50. The van der Waals surface area contributed by atoms with Crippen LogP contribution in [0.1, 0.15) is 28.8 Å². The van der Waals surface area contributed by atoms with Crippen LogP contribution in [0, 0.1) is 5.92 Å². The highest BCUT2D eigenvalue weighted by atomic mass is 16.5. The minimum Gasteiger partial charge on any atom is -0.497 e. The lowest BCUT2D eigenvalue weighted by Crippen LogP contribution is -2.38. The molecule has 1 saturated heterocycles. The molecule has 1 fully saturated rings. The molecular formula is C25H29N3O2. The summed E-state index contributed by atoms with van der Waals surface area (Å²) in [5.41, 5.74) is 3.02. The standard InChI is InChI=1S/C25H29N3O2/c1-30-24-9-7-21(8-10-24)19-27-15-11-20(12-16-27)18-26-25(29)22-5-4-6-23(17-22)28-13-2-3-14-28/h2-10,13-14,17,20H,11-12,15-16,18-19H2,1H3,(H,26,29). The van der Waals surface area contributed by atoms with Gasteiger partial charge in [-0.05, 0) is 79.9 Å². The average Bonchev–Trinajstić information content (AvgIpc) is 3.34. The van der Waals surface area contributed by atoms with Gasteiger partial charge in [-0.3, -0.25) is 9.69 Å². The van der Waals surface area contributed by atoms with Gasteiger partial charge < -0.3 is 14.6 Å². The molecule has 1 N–H and O–H groups in total. The van der Waals surface area contributed by atoms with Crippen molar-refractivity contribution in [2.45, 2.75) is 19.4 Å². The van der Waals surface area contributed by atoms with Gasteiger partial charge >= 0.3 is 0 Å². The number of piperidine rings is 1. The third-order valence-corrected chi connectivity index (χ3v) is 5.83. The van der Waals surface area contributed by atoms with Crippen molar-refractivity contribution in [1.29, 1.82) is 0 Å². The van der Waals surface area contributed by atoms with Crippen LogP contribution in [0.3, 0.4) is 0 Å². The summed E-state index contributed by atoms with van der Waals surface area (Å²) in [7, 11) is 1.69. The van der Waals surface area contributed by atoms with E-state index >= 15 is 0 Å². The summed E-state index contributed by atoms with van der Waals surface area (Å²) < 4.78 is 7.24. The normalized spacial score (nSPS) is 15.1. The fraction of sp³-hybridized carbons (Fsp3) is 0.320. The first-order valence-corrected chi connectivity index (χ1v) is 10.6. The van der Waals surface area contributed by atoms with E-state index in [-0.39, 0.29) is 5.91 Å². The van der Waals surface area contributed by atoms with Gasteiger partial charge in [0.1, 0.15) is 5.75 Å². The van der Waals surface area contributed by atoms with Crippen LogP contribution in [0.25, 0.3) is 5.69 Å². The minimum atomic E-state index is 0.00432. The monoisotopic (exact) mass is 403 g/mol. The Hall–Kier alpha value is -3.05. The summed E-state index contributed by atoms with van der Waals surface area (Å²) in [4.78, 5) is 15.1. The van der Waals surface area contributed by atoms with E-state index in [2.05, 4.69) is 22.3 Å². The predicted molar refractivity (Wildman–Crippen MR) is 119 cm³/mol. The van der Waals surface area contributed by atoms with Crippen LogP contribution in [0.4, 0.5) is 0 Å². The Bertz CT molecular complexity index is 943. The Morgan fingerprint density at radius 3 is 2.47 bits per heavy atom. The Morgan fingerprint density at radius 1 is 1.03 bits per heavy atom. The molecular weight excluding hydrogens is 374 g/mol. The molecule has 2 heterocycles. The van der Waals surface area contributed by atoms with E-state index in [4.69, 9.17) is 4.74 Å². The molecule has 156 valence electrons. The number of hydrogen-bond acceptors (Lipinski definition) is 3. The molecule has 0 aliphatic carbocycles. The average molecular weight is 404 g/mol. The molecule has 1 aliphatic heterocycles. The summed E-state index contributed by atoms with van der Waals surface area (Å²) in [6.45, 7) is 3.84. The van der Waals surface area contributed by atoms with E-state index < -0.39 is 0 Å². The number of nitrogens with one attached hydrogen (secondary N) is 1. The van der Waals surface area contributed by atoms with E-state index in [1.54, 1.807) is 7.11 Å². The Morgan fingerprint density at radius 2 is 1.77 bits per heavy atom. The van der Waals surface area contributed by atoms with E-state index in [9.17, 15) is 4.79 Å². The maximum atomic E-state index is 12.6. The van der Waals surface area contributed by atoms with Gasteiger partial charge in [0.05, 0.1) is 7.11 Å². The van der Waals surface area contributed by atoms with Gasteiger partial charge in [0, 0.05) is 36.7 Å². The molecule has 0 unspecified atom stereocenters. The van der Waals surface area contributed by atoms with Crippen molar-refractivity contribution in [2.75, 3.05) is 26.7 Å². The largest absolute Gasteiger partial charge is 0.497 e. The maximum Gasteiger partial charge on any atom is 0.251 e. The van der Waals surface area contributed by atoms with Crippen molar-refractivity contribution in [3.05, 3.63) is 84.2 Å². The molecule has 0 saturated carbocycles. The number of likely N-dealkylation sites (tertiary alicyclic amines) is 1. The number of carbonyl (C=O) groups excluding carboxylic acids is 1. The van der Waals surface area contributed by atoms with Gasteiger partial charge in [0.15, 0.2) is 0 Å². The van der Waals surface area contributed by atoms with E-state index in [0.717, 1.165) is 50.5 Å². The first-order chi connectivity index (χ1) is 14.7. The van der Waals surface area contributed by atoms with Gasteiger partial charge in [-0.2, -0.15) is 0 Å². The number of aromatic nitrogens is 1. The number of carbonyl (C=O) groups is 1. The number of amides is 1. The van der Waals surface area contributed by atoms with Crippen LogP contribution >= 0.6 is 0 Å². The number of benzene rings is 2. The lowest BCUT2D eigenvalue weighted by atomic mass is 9.96. The molecule has 1 aromatic heterocycles. The van der Waals surface area contributed by atoms with Gasteiger partial charge in [-0.25, -0.2) is 0 Å². The molecule has 1 amide bonds. The van der Waals surface area contributed by atoms with Gasteiger partial charge in [0.25, 0.3) is 5.91 Å². The summed E-state index contributed by atoms with van der Waals surface area (Å²) in [6.07, 6.45) is 6.19. The van der Waals surface area contributed by atoms with Crippen LogP contribution in [-0.2, 0) is 6.54 Å². The number of nitrogens with zero attached hydrogens (tertiary/aromatic N) is 2. The van der Waals surface area contributed by atoms with Crippen LogP contribution in [-0.4, -0.2) is 42.1 Å². The van der Waals surface area contributed by atoms with E-state index in [0.29, 0.717) is 11.5 Å². The van der Waals surface area contributed by atoms with Crippen LogP contribution in [0.5, 0.6) is 5.75 Å². The second-order valence-electron chi connectivity index (χ2n) is 7.92. The third kappa shape index (κ3) is 5.10. The molecule has 0 atom stereocenters. The van der Waals surface area contributed by atoms with Crippen LogP contribution in [0.15, 0.2) is 73.1 Å². The molecule has 30 heavy (non-hydrogen) atoms. The maximum absolute atomic E-state index is 12.6. The van der Waals surface area contributed by atoms with Crippen molar-refractivity contribution in [2.24, 2.45) is 5.92 Å². The topological polar surface area (TPSA) is 46.5 Å². The molecule has 2 aromatic carbocycles. The lowest BCUT2D eigenvalue weighted by molar-refractivity contribution is 0.0935. The van der Waals surface area contributed by atoms with Crippen molar-refractivity contribution in [1.82, 2.24) is 14.8 Å². The molecule has 5 nitrogen and oxygen atoms in total. The molecule has 3 aromatic rings. The zero-order valence-electron chi connectivity index (χ0n) is 17.5. The SMILES string of the molecule is COc1ccc(CN2CCC(CNC(=O)c3cccc(-n4cccc4)c3)CC2)cc1. The molecule has 1 aliphatic rings. The van der Waals surface area contributed by atoms with E-state index in [1.807, 2.05) is 65.5 Å². The van der Waals surface area contributed by atoms with Crippen LogP contribution < -0.4 is 10.1 Å². The van der Waals surface area contributed by atoms with Crippen molar-refractivity contribution >= 4 is 5.91 Å². The van der Waals surface area contributed by atoms with Crippen molar-refractivity contribution < 1.29 is 9.53 Å². The Balaban J connectivity index is 1.23. The fourth-order valence-electron chi connectivity index (χ4n) is 3.99. The molecule has 0 radical (unpaired) electrons. The number of ether oxygens (including phenoxy) is 1. The first kappa shape index (κ1) is 20.2. The molecule has 5 heteroatoms. The number of rotatable bonds is 7. The summed E-state index contributed by atoms with van der Waals surface area (Å²) in [5, 5.41) is 3.14. The quantitative estimate of drug-likeness (QED) is 0.645. The highest BCUT2D eigenvalue weighted by Gasteiger charge is 2.20. The molecule has 0 bridgehead atoms. The van der Waals surface area contributed by atoms with Crippen molar-refractivity contribution in [3.63, 3.8) is 0 Å². The second kappa shape index (κ2) is 9.63. The summed E-state index contributed by atoms with van der Waals surface area (Å²) in [6, 6.07) is 20.0. The highest BCUT2D eigenvalue weighted by Crippen LogP contribution is 2.20. The van der Waals surface area contributed by atoms with Gasteiger partial charge in [-0.1, -0.05) is 18.2 Å². The Labute approximate surface area is 178 Å². The second-order valence-corrected chi connectivity index (χ2v) is 7.92.